The predicted molar refractivity (Wildman–Crippen MR) is 124 cm³/mol. The summed E-state index contributed by atoms with van der Waals surface area (Å²) in [4.78, 5) is 54.9. The van der Waals surface area contributed by atoms with E-state index in [1.807, 2.05) is 26.0 Å². The zero-order valence-corrected chi connectivity index (χ0v) is 18.8. The number of rotatable bonds is 10. The van der Waals surface area contributed by atoms with Gasteiger partial charge in [-0.1, -0.05) is 26.0 Å². The molecular weight excluding hydrogens is 424 g/mol. The fourth-order valence-corrected chi connectivity index (χ4v) is 3.64. The van der Waals surface area contributed by atoms with E-state index in [9.17, 15) is 19.2 Å². The SMILES string of the molecule is COc1cccc2[nH]c(C(=O)N[C@@H](CC(C)C)C(=O)N[C@H](C=O)Cc3ccc[nH]c3=O)cc12. The quantitative estimate of drug-likeness (QED) is 0.349. The molecule has 0 spiro atoms. The van der Waals surface area contributed by atoms with Gasteiger partial charge in [0.25, 0.3) is 11.5 Å². The summed E-state index contributed by atoms with van der Waals surface area (Å²) in [5.74, 6) is -0.203. The average molecular weight is 453 g/mol. The normalized spacial score (nSPS) is 12.8. The minimum Gasteiger partial charge on any atom is -0.496 e. The van der Waals surface area contributed by atoms with E-state index in [2.05, 4.69) is 20.6 Å². The molecule has 2 aromatic heterocycles. The van der Waals surface area contributed by atoms with Gasteiger partial charge in [0.15, 0.2) is 0 Å². The van der Waals surface area contributed by atoms with E-state index in [1.165, 1.54) is 6.20 Å². The van der Waals surface area contributed by atoms with Gasteiger partial charge in [0, 0.05) is 29.1 Å². The molecular formula is C24H28N4O5. The molecule has 0 saturated heterocycles. The molecule has 2 heterocycles. The van der Waals surface area contributed by atoms with E-state index in [0.29, 0.717) is 29.7 Å². The molecule has 0 aliphatic rings. The van der Waals surface area contributed by atoms with Crippen molar-refractivity contribution in [2.45, 2.75) is 38.8 Å². The topological polar surface area (TPSA) is 133 Å². The van der Waals surface area contributed by atoms with Crippen molar-refractivity contribution in [3.63, 3.8) is 0 Å². The number of carbonyl (C=O) groups is 3. The van der Waals surface area contributed by atoms with Gasteiger partial charge in [-0.25, -0.2) is 0 Å². The van der Waals surface area contributed by atoms with Crippen molar-refractivity contribution in [2.75, 3.05) is 7.11 Å². The molecule has 3 rings (SSSR count). The number of hydrogen-bond acceptors (Lipinski definition) is 5. The number of fused-ring (bicyclic) bond motifs is 1. The Morgan fingerprint density at radius 2 is 1.94 bits per heavy atom. The van der Waals surface area contributed by atoms with Gasteiger partial charge in [0.1, 0.15) is 23.8 Å². The monoisotopic (exact) mass is 452 g/mol. The first-order valence-corrected chi connectivity index (χ1v) is 10.7. The number of amides is 2. The highest BCUT2D eigenvalue weighted by Crippen LogP contribution is 2.26. The number of benzene rings is 1. The second-order valence-electron chi connectivity index (χ2n) is 8.24. The van der Waals surface area contributed by atoms with Gasteiger partial charge in [-0.15, -0.1) is 0 Å². The molecule has 2 amide bonds. The highest BCUT2D eigenvalue weighted by Gasteiger charge is 2.26. The highest BCUT2D eigenvalue weighted by molar-refractivity contribution is 6.01. The fourth-order valence-electron chi connectivity index (χ4n) is 3.64. The first kappa shape index (κ1) is 23.8. The van der Waals surface area contributed by atoms with E-state index in [-0.39, 0.29) is 17.9 Å². The molecule has 1 aromatic carbocycles. The van der Waals surface area contributed by atoms with Gasteiger partial charge in [-0.05, 0) is 36.6 Å². The van der Waals surface area contributed by atoms with Crippen molar-refractivity contribution in [1.29, 1.82) is 0 Å². The van der Waals surface area contributed by atoms with Crippen LogP contribution < -0.4 is 20.9 Å². The summed E-state index contributed by atoms with van der Waals surface area (Å²) in [5.41, 5.74) is 1.09. The zero-order chi connectivity index (χ0) is 24.0. The van der Waals surface area contributed by atoms with E-state index in [4.69, 9.17) is 4.74 Å². The Morgan fingerprint density at radius 3 is 2.61 bits per heavy atom. The number of aromatic nitrogens is 2. The molecule has 3 aromatic rings. The van der Waals surface area contributed by atoms with Crippen molar-refractivity contribution >= 4 is 29.0 Å². The van der Waals surface area contributed by atoms with E-state index in [0.717, 1.165) is 10.9 Å². The molecule has 0 unspecified atom stereocenters. The third kappa shape index (κ3) is 5.88. The number of aromatic amines is 2. The smallest absolute Gasteiger partial charge is 0.268 e. The summed E-state index contributed by atoms with van der Waals surface area (Å²) < 4.78 is 5.33. The largest absolute Gasteiger partial charge is 0.496 e. The standard InChI is InChI=1S/C24H28N4O5/c1-14(2)10-19(23(31)26-16(13-29)11-15-6-5-9-25-22(15)30)28-24(32)20-12-17-18(27-20)7-4-8-21(17)33-3/h4-9,12-14,16,19,27H,10-11H2,1-3H3,(H,25,30)(H,26,31)(H,28,32)/t16-,19-/m0/s1. The van der Waals surface area contributed by atoms with Gasteiger partial charge < -0.3 is 30.1 Å². The second kappa shape index (κ2) is 10.6. The minimum atomic E-state index is -0.898. The highest BCUT2D eigenvalue weighted by atomic mass is 16.5. The summed E-state index contributed by atoms with van der Waals surface area (Å²) in [6.07, 6.45) is 2.50. The average Bonchev–Trinajstić information content (AvgIpc) is 3.24. The lowest BCUT2D eigenvalue weighted by Crippen LogP contribution is -2.51. The van der Waals surface area contributed by atoms with Gasteiger partial charge >= 0.3 is 0 Å². The second-order valence-corrected chi connectivity index (χ2v) is 8.24. The number of pyridine rings is 1. The lowest BCUT2D eigenvalue weighted by Gasteiger charge is -2.22. The Kier molecular flexibility index (Phi) is 7.66. The summed E-state index contributed by atoms with van der Waals surface area (Å²) in [6.45, 7) is 3.86. The Bertz CT molecular complexity index is 1200. The van der Waals surface area contributed by atoms with Crippen LogP contribution in [-0.4, -0.2) is 47.3 Å². The molecule has 0 fully saturated rings. The molecule has 9 nitrogen and oxygen atoms in total. The molecule has 0 bridgehead atoms. The molecule has 2 atom stereocenters. The number of aldehydes is 1. The number of hydrogen-bond donors (Lipinski definition) is 4. The van der Waals surface area contributed by atoms with Crippen LogP contribution in [0.1, 0.15) is 36.3 Å². The van der Waals surface area contributed by atoms with Gasteiger partial charge in [0.2, 0.25) is 5.91 Å². The lowest BCUT2D eigenvalue weighted by molar-refractivity contribution is -0.126. The van der Waals surface area contributed by atoms with Crippen LogP contribution in [0.3, 0.4) is 0 Å². The molecule has 174 valence electrons. The fraction of sp³-hybridized carbons (Fsp3) is 0.333. The Hall–Kier alpha value is -3.88. The van der Waals surface area contributed by atoms with Crippen molar-refractivity contribution in [1.82, 2.24) is 20.6 Å². The number of carbonyl (C=O) groups excluding carboxylic acids is 3. The molecule has 0 saturated carbocycles. The van der Waals surface area contributed by atoms with E-state index >= 15 is 0 Å². The van der Waals surface area contributed by atoms with Crippen LogP contribution in [0.2, 0.25) is 0 Å². The summed E-state index contributed by atoms with van der Waals surface area (Å²) in [6, 6.07) is 8.59. The third-order valence-electron chi connectivity index (χ3n) is 5.25. The first-order valence-electron chi connectivity index (χ1n) is 10.7. The van der Waals surface area contributed by atoms with Crippen LogP contribution in [0.4, 0.5) is 0 Å². The van der Waals surface area contributed by atoms with Crippen molar-refractivity contribution in [2.24, 2.45) is 5.92 Å². The molecule has 9 heteroatoms. The summed E-state index contributed by atoms with van der Waals surface area (Å²) >= 11 is 0. The predicted octanol–water partition coefficient (Wildman–Crippen LogP) is 1.94. The first-order chi connectivity index (χ1) is 15.8. The van der Waals surface area contributed by atoms with Crippen LogP contribution in [0.5, 0.6) is 5.75 Å². The molecule has 4 N–H and O–H groups in total. The van der Waals surface area contributed by atoms with E-state index < -0.39 is 23.9 Å². The molecule has 33 heavy (non-hydrogen) atoms. The van der Waals surface area contributed by atoms with Crippen LogP contribution in [0, 0.1) is 5.92 Å². The van der Waals surface area contributed by atoms with Crippen LogP contribution in [0.25, 0.3) is 10.9 Å². The Morgan fingerprint density at radius 1 is 1.15 bits per heavy atom. The lowest BCUT2D eigenvalue weighted by atomic mass is 10.0. The maximum Gasteiger partial charge on any atom is 0.268 e. The maximum atomic E-state index is 13.0. The van der Waals surface area contributed by atoms with Gasteiger partial charge in [-0.3, -0.25) is 14.4 Å². The Labute approximate surface area is 190 Å². The van der Waals surface area contributed by atoms with E-state index in [1.54, 1.807) is 31.4 Å². The van der Waals surface area contributed by atoms with Crippen LogP contribution in [-0.2, 0) is 16.0 Å². The van der Waals surface area contributed by atoms with Crippen LogP contribution >= 0.6 is 0 Å². The zero-order valence-electron chi connectivity index (χ0n) is 18.8. The van der Waals surface area contributed by atoms with Crippen molar-refractivity contribution in [3.05, 3.63) is 64.2 Å². The number of H-pyrrole nitrogens is 2. The third-order valence-corrected chi connectivity index (χ3v) is 5.25. The number of methoxy groups -OCH3 is 1. The van der Waals surface area contributed by atoms with Gasteiger partial charge in [-0.2, -0.15) is 0 Å². The molecule has 0 aliphatic heterocycles. The summed E-state index contributed by atoms with van der Waals surface area (Å²) in [5, 5.41) is 6.16. The molecule has 0 radical (unpaired) electrons. The van der Waals surface area contributed by atoms with Crippen molar-refractivity contribution < 1.29 is 19.1 Å². The number of nitrogens with one attached hydrogen (secondary N) is 4. The van der Waals surface area contributed by atoms with Crippen LogP contribution in [0.15, 0.2) is 47.4 Å². The maximum absolute atomic E-state index is 13.0. The van der Waals surface area contributed by atoms with Crippen molar-refractivity contribution in [3.8, 4) is 5.75 Å². The minimum absolute atomic E-state index is 0.0512. The van der Waals surface area contributed by atoms with Gasteiger partial charge in [0.05, 0.1) is 13.2 Å². The Balaban J connectivity index is 1.75. The molecule has 0 aliphatic carbocycles. The number of ether oxygens (including phenoxy) is 1. The summed E-state index contributed by atoms with van der Waals surface area (Å²) in [7, 11) is 1.55.